The Labute approximate surface area is 169 Å². The Kier molecular flexibility index (Phi) is 5.10. The fourth-order valence-electron chi connectivity index (χ4n) is 2.82. The summed E-state index contributed by atoms with van der Waals surface area (Å²) in [4.78, 5) is 27.8. The molecule has 0 aliphatic rings. The van der Waals surface area contributed by atoms with Gasteiger partial charge >= 0.3 is 0 Å². The van der Waals surface area contributed by atoms with Crippen molar-refractivity contribution in [3.05, 3.63) is 70.2 Å². The average Bonchev–Trinajstić information content (AvgIpc) is 3.28. The Morgan fingerprint density at radius 3 is 2.68 bits per heavy atom. The number of fused-ring (bicyclic) bond motifs is 2. The number of rotatable bonds is 5. The molecule has 0 bridgehead atoms. The standard InChI is InChI=1S/C20H15ClN4O2S/c21-18-14-6-2-4-8-16(14)28-19(18)20(27)23-11-17(26)25-24-10-12-9-22-15-7-3-1-5-13(12)15/h1-10,22H,11H2,(H,23,27)(H,25,26)/b24-10+. The first-order valence-electron chi connectivity index (χ1n) is 8.47. The SMILES string of the molecule is O=C(CNC(=O)c1sc2ccccc2c1Cl)N/N=C/c1c[nH]c2ccccc12. The van der Waals surface area contributed by atoms with E-state index in [0.717, 1.165) is 26.6 Å². The van der Waals surface area contributed by atoms with Crippen LogP contribution >= 0.6 is 22.9 Å². The van der Waals surface area contributed by atoms with Gasteiger partial charge in [-0.1, -0.05) is 48.0 Å². The molecule has 0 unspecified atom stereocenters. The zero-order valence-corrected chi connectivity index (χ0v) is 16.1. The minimum Gasteiger partial charge on any atom is -0.361 e. The third kappa shape index (κ3) is 3.62. The first-order valence-corrected chi connectivity index (χ1v) is 9.66. The van der Waals surface area contributed by atoms with Crippen LogP contribution in [0, 0.1) is 0 Å². The zero-order chi connectivity index (χ0) is 19.5. The van der Waals surface area contributed by atoms with Gasteiger partial charge in [-0.3, -0.25) is 9.59 Å². The van der Waals surface area contributed by atoms with Crippen LogP contribution in [0.2, 0.25) is 5.02 Å². The minimum absolute atomic E-state index is 0.200. The van der Waals surface area contributed by atoms with Gasteiger partial charge in [-0.25, -0.2) is 5.43 Å². The molecule has 0 aliphatic heterocycles. The first-order chi connectivity index (χ1) is 13.6. The topological polar surface area (TPSA) is 86.3 Å². The molecule has 140 valence electrons. The summed E-state index contributed by atoms with van der Waals surface area (Å²) in [6.07, 6.45) is 3.37. The van der Waals surface area contributed by atoms with Gasteiger partial charge in [0.2, 0.25) is 0 Å². The largest absolute Gasteiger partial charge is 0.361 e. The van der Waals surface area contributed by atoms with E-state index >= 15 is 0 Å². The lowest BCUT2D eigenvalue weighted by molar-refractivity contribution is -0.120. The highest BCUT2D eigenvalue weighted by Crippen LogP contribution is 2.34. The Morgan fingerprint density at radius 1 is 1.11 bits per heavy atom. The molecule has 0 saturated carbocycles. The summed E-state index contributed by atoms with van der Waals surface area (Å²) in [5.41, 5.74) is 4.25. The molecule has 6 nitrogen and oxygen atoms in total. The number of para-hydroxylation sites is 1. The highest BCUT2D eigenvalue weighted by molar-refractivity contribution is 7.21. The highest BCUT2D eigenvalue weighted by Gasteiger charge is 2.17. The maximum Gasteiger partial charge on any atom is 0.263 e. The van der Waals surface area contributed by atoms with Gasteiger partial charge < -0.3 is 10.3 Å². The summed E-state index contributed by atoms with van der Waals surface area (Å²) >= 11 is 7.57. The molecule has 3 N–H and O–H groups in total. The van der Waals surface area contributed by atoms with Crippen molar-refractivity contribution in [1.29, 1.82) is 0 Å². The van der Waals surface area contributed by atoms with Gasteiger partial charge in [0.25, 0.3) is 11.8 Å². The monoisotopic (exact) mass is 410 g/mol. The Hall–Kier alpha value is -3.16. The van der Waals surface area contributed by atoms with Gasteiger partial charge in [0, 0.05) is 32.7 Å². The molecule has 2 aromatic heterocycles. The van der Waals surface area contributed by atoms with Crippen molar-refractivity contribution >= 4 is 62.0 Å². The van der Waals surface area contributed by atoms with Crippen molar-refractivity contribution in [2.24, 2.45) is 5.10 Å². The summed E-state index contributed by atoms with van der Waals surface area (Å²) in [5, 5.41) is 8.75. The number of halogens is 1. The predicted octanol–water partition coefficient (Wildman–Crippen LogP) is 3.92. The summed E-state index contributed by atoms with van der Waals surface area (Å²) in [7, 11) is 0. The first kappa shape index (κ1) is 18.2. The minimum atomic E-state index is -0.429. The van der Waals surface area contributed by atoms with E-state index in [4.69, 9.17) is 11.6 Å². The third-order valence-corrected chi connectivity index (χ3v) is 5.84. The molecule has 2 amide bonds. The fourth-order valence-corrected chi connectivity index (χ4v) is 4.25. The number of hydrazone groups is 1. The molecule has 0 saturated heterocycles. The number of H-pyrrole nitrogens is 1. The number of nitrogens with one attached hydrogen (secondary N) is 3. The van der Waals surface area contributed by atoms with Gasteiger partial charge in [-0.05, 0) is 12.1 Å². The molecule has 0 spiro atoms. The average molecular weight is 411 g/mol. The number of carbonyl (C=O) groups is 2. The van der Waals surface area contributed by atoms with Crippen molar-refractivity contribution in [3.8, 4) is 0 Å². The number of amides is 2. The molecule has 0 fully saturated rings. The van der Waals surface area contributed by atoms with E-state index in [-0.39, 0.29) is 12.5 Å². The second-order valence-corrected chi connectivity index (χ2v) is 7.44. The molecule has 4 rings (SSSR count). The van der Waals surface area contributed by atoms with Gasteiger partial charge in [-0.2, -0.15) is 5.10 Å². The summed E-state index contributed by atoms with van der Waals surface area (Å²) < 4.78 is 0.922. The van der Waals surface area contributed by atoms with E-state index in [0.29, 0.717) is 9.90 Å². The normalized spacial score (nSPS) is 11.3. The van der Waals surface area contributed by atoms with Crippen LogP contribution in [-0.4, -0.2) is 29.6 Å². The summed E-state index contributed by atoms with van der Waals surface area (Å²) in [6.45, 7) is -0.200. The van der Waals surface area contributed by atoms with Crippen molar-refractivity contribution in [3.63, 3.8) is 0 Å². The van der Waals surface area contributed by atoms with Crippen molar-refractivity contribution in [2.45, 2.75) is 0 Å². The van der Waals surface area contributed by atoms with E-state index in [1.54, 1.807) is 6.21 Å². The van der Waals surface area contributed by atoms with E-state index in [1.807, 2.05) is 54.7 Å². The van der Waals surface area contributed by atoms with Gasteiger partial charge in [0.05, 0.1) is 17.8 Å². The van der Waals surface area contributed by atoms with Crippen molar-refractivity contribution < 1.29 is 9.59 Å². The van der Waals surface area contributed by atoms with Crippen LogP contribution in [0.1, 0.15) is 15.2 Å². The Balaban J connectivity index is 1.35. The second-order valence-electron chi connectivity index (χ2n) is 6.01. The lowest BCUT2D eigenvalue weighted by atomic mass is 10.2. The molecule has 8 heteroatoms. The van der Waals surface area contributed by atoms with E-state index < -0.39 is 5.91 Å². The summed E-state index contributed by atoms with van der Waals surface area (Å²) in [6, 6.07) is 15.3. The number of aromatic amines is 1. The third-order valence-electron chi connectivity index (χ3n) is 4.16. The molecule has 0 aliphatic carbocycles. The highest BCUT2D eigenvalue weighted by atomic mass is 35.5. The number of thiophene rings is 1. The van der Waals surface area contributed by atoms with Crippen LogP contribution in [0.3, 0.4) is 0 Å². The second kappa shape index (κ2) is 7.84. The lowest BCUT2D eigenvalue weighted by Gasteiger charge is -2.02. The number of hydrogen-bond donors (Lipinski definition) is 3. The quantitative estimate of drug-likeness (QED) is 0.344. The predicted molar refractivity (Wildman–Crippen MR) is 113 cm³/mol. The molecule has 28 heavy (non-hydrogen) atoms. The van der Waals surface area contributed by atoms with Crippen LogP contribution in [-0.2, 0) is 4.79 Å². The van der Waals surface area contributed by atoms with Crippen LogP contribution in [0.5, 0.6) is 0 Å². The number of carbonyl (C=O) groups excluding carboxylic acids is 2. The number of aromatic nitrogens is 1. The van der Waals surface area contributed by atoms with Crippen LogP contribution in [0.15, 0.2) is 59.8 Å². The van der Waals surface area contributed by atoms with E-state index in [9.17, 15) is 9.59 Å². The fraction of sp³-hybridized carbons (Fsp3) is 0.0500. The van der Waals surface area contributed by atoms with E-state index in [2.05, 4.69) is 20.8 Å². The smallest absolute Gasteiger partial charge is 0.263 e. The summed E-state index contributed by atoms with van der Waals surface area (Å²) in [5.74, 6) is -0.816. The number of hydrogen-bond acceptors (Lipinski definition) is 4. The molecule has 4 aromatic rings. The van der Waals surface area contributed by atoms with E-state index in [1.165, 1.54) is 11.3 Å². The Bertz CT molecular complexity index is 1210. The van der Waals surface area contributed by atoms with Gasteiger partial charge in [0.1, 0.15) is 4.88 Å². The zero-order valence-electron chi connectivity index (χ0n) is 14.5. The molecule has 2 heterocycles. The van der Waals surface area contributed by atoms with Gasteiger partial charge in [-0.15, -0.1) is 11.3 Å². The van der Waals surface area contributed by atoms with Crippen molar-refractivity contribution in [1.82, 2.24) is 15.7 Å². The van der Waals surface area contributed by atoms with Crippen LogP contribution < -0.4 is 10.7 Å². The Morgan fingerprint density at radius 2 is 1.86 bits per heavy atom. The number of benzene rings is 2. The maximum absolute atomic E-state index is 12.3. The molecular weight excluding hydrogens is 396 g/mol. The molecular formula is C20H15ClN4O2S. The van der Waals surface area contributed by atoms with Crippen molar-refractivity contribution in [2.75, 3.05) is 6.54 Å². The molecule has 2 aromatic carbocycles. The molecule has 0 radical (unpaired) electrons. The number of nitrogens with zero attached hydrogens (tertiary/aromatic N) is 1. The van der Waals surface area contributed by atoms with Gasteiger partial charge in [0.15, 0.2) is 0 Å². The maximum atomic E-state index is 12.3. The van der Waals surface area contributed by atoms with Crippen LogP contribution in [0.25, 0.3) is 21.0 Å². The molecule has 0 atom stereocenters. The lowest BCUT2D eigenvalue weighted by Crippen LogP contribution is -2.34. The van der Waals surface area contributed by atoms with Crippen LogP contribution in [0.4, 0.5) is 0 Å².